The van der Waals surface area contributed by atoms with Crippen molar-refractivity contribution in [2.45, 2.75) is 70.6 Å². The third kappa shape index (κ3) is 2.43. The second-order valence-corrected chi connectivity index (χ2v) is 9.06. The highest BCUT2D eigenvalue weighted by Crippen LogP contribution is 2.71. The summed E-state index contributed by atoms with van der Waals surface area (Å²) < 4.78 is 24.6. The summed E-state index contributed by atoms with van der Waals surface area (Å²) >= 11 is 0. The Bertz CT molecular complexity index is 491. The van der Waals surface area contributed by atoms with Crippen molar-refractivity contribution in [3.63, 3.8) is 0 Å². The van der Waals surface area contributed by atoms with Gasteiger partial charge in [-0.05, 0) is 58.8 Å². The van der Waals surface area contributed by atoms with Gasteiger partial charge in [-0.25, -0.2) is 0 Å². The Labute approximate surface area is 133 Å². The highest BCUT2D eigenvalue weighted by molar-refractivity contribution is 7.55. The fraction of sp³-hybridized carbons (Fsp3) is 0.882. The molecular weight excluding hydrogens is 299 g/mol. The van der Waals surface area contributed by atoms with Crippen LogP contribution in [-0.2, 0) is 13.6 Å². The molecule has 0 radical (unpaired) electrons. The average Bonchev–Trinajstić information content (AvgIpc) is 2.48. The van der Waals surface area contributed by atoms with Gasteiger partial charge in [0.1, 0.15) is 0 Å². The Morgan fingerprint density at radius 3 is 2.50 bits per heavy atom. The first-order chi connectivity index (χ1) is 10.6. The molecule has 4 nitrogen and oxygen atoms in total. The molecule has 126 valence electrons. The molecule has 3 aliphatic rings. The predicted octanol–water partition coefficient (Wildman–Crippen LogP) is 4.63. The van der Waals surface area contributed by atoms with Gasteiger partial charge in [-0.15, -0.1) is 0 Å². The minimum atomic E-state index is -3.53. The van der Waals surface area contributed by atoms with Crippen molar-refractivity contribution in [2.75, 3.05) is 13.2 Å². The smallest absolute Gasteiger partial charge is 0.362 e. The minimum Gasteiger partial charge on any atom is -0.377 e. The Balaban J connectivity index is 2.04. The van der Waals surface area contributed by atoms with Gasteiger partial charge in [0.05, 0.1) is 13.2 Å². The summed E-state index contributed by atoms with van der Waals surface area (Å²) in [4.78, 5) is 0. The van der Waals surface area contributed by atoms with E-state index in [9.17, 15) is 9.67 Å². The normalized spacial score (nSPS) is 35.4. The van der Waals surface area contributed by atoms with E-state index in [2.05, 4.69) is 0 Å². The van der Waals surface area contributed by atoms with E-state index in [4.69, 9.17) is 9.05 Å². The van der Waals surface area contributed by atoms with Crippen LogP contribution in [0.25, 0.3) is 0 Å². The minimum absolute atomic E-state index is 0.0204. The molecule has 0 amide bonds. The first-order valence-corrected chi connectivity index (χ1v) is 10.4. The van der Waals surface area contributed by atoms with Gasteiger partial charge in [0.2, 0.25) is 0 Å². The Hall–Kier alpha value is -0.150. The van der Waals surface area contributed by atoms with Gasteiger partial charge >= 0.3 is 7.60 Å². The fourth-order valence-corrected chi connectivity index (χ4v) is 7.40. The van der Waals surface area contributed by atoms with Crippen molar-refractivity contribution < 1.29 is 18.7 Å². The maximum absolute atomic E-state index is 13.5. The van der Waals surface area contributed by atoms with Crippen molar-refractivity contribution in [1.29, 1.82) is 0 Å². The maximum Gasteiger partial charge on any atom is 0.362 e. The molecule has 2 bridgehead atoms. The molecular formula is C17H29O4P. The maximum atomic E-state index is 13.5. The number of aliphatic hydroxyl groups is 1. The van der Waals surface area contributed by atoms with Crippen LogP contribution in [0, 0.1) is 11.8 Å². The molecule has 3 atom stereocenters. The van der Waals surface area contributed by atoms with Crippen LogP contribution in [0.2, 0.25) is 0 Å². The van der Waals surface area contributed by atoms with Crippen molar-refractivity contribution >= 4 is 7.60 Å². The Morgan fingerprint density at radius 2 is 1.82 bits per heavy atom. The van der Waals surface area contributed by atoms with Crippen LogP contribution in [0.1, 0.15) is 65.2 Å². The third-order valence-corrected chi connectivity index (χ3v) is 8.49. The summed E-state index contributed by atoms with van der Waals surface area (Å²) in [5, 5.41) is 10.3. The summed E-state index contributed by atoms with van der Waals surface area (Å²) in [6.07, 6.45) is 8.47. The van der Waals surface area contributed by atoms with Gasteiger partial charge in [0.25, 0.3) is 0 Å². The van der Waals surface area contributed by atoms with Gasteiger partial charge < -0.3 is 14.2 Å². The fourth-order valence-electron chi connectivity index (χ4n) is 4.90. The quantitative estimate of drug-likeness (QED) is 0.590. The summed E-state index contributed by atoms with van der Waals surface area (Å²) in [5.74, 6) is -0.00809. The second-order valence-electron chi connectivity index (χ2n) is 6.84. The molecule has 0 aromatic heterocycles. The molecule has 1 N–H and O–H groups in total. The van der Waals surface area contributed by atoms with Gasteiger partial charge in [0.15, 0.2) is 5.34 Å². The molecule has 22 heavy (non-hydrogen) atoms. The number of allylic oxidation sites excluding steroid dienone is 1. The van der Waals surface area contributed by atoms with E-state index in [0.717, 1.165) is 38.5 Å². The molecule has 5 heteroatoms. The molecule has 0 aromatic carbocycles. The third-order valence-electron chi connectivity index (χ3n) is 5.74. The summed E-state index contributed by atoms with van der Waals surface area (Å²) in [6, 6.07) is 0. The highest BCUT2D eigenvalue weighted by atomic mass is 31.2. The zero-order valence-corrected chi connectivity index (χ0v) is 14.7. The molecule has 0 spiro atoms. The first kappa shape index (κ1) is 16.7. The van der Waals surface area contributed by atoms with E-state index in [-0.39, 0.29) is 11.8 Å². The van der Waals surface area contributed by atoms with Crippen LogP contribution in [0.4, 0.5) is 0 Å². The first-order valence-electron chi connectivity index (χ1n) is 8.89. The molecule has 3 aliphatic carbocycles. The molecule has 0 saturated heterocycles. The summed E-state index contributed by atoms with van der Waals surface area (Å²) in [5.41, 5.74) is 2.91. The van der Waals surface area contributed by atoms with Crippen LogP contribution in [0.5, 0.6) is 0 Å². The van der Waals surface area contributed by atoms with Crippen LogP contribution in [-0.4, -0.2) is 23.7 Å². The molecule has 1 fully saturated rings. The molecule has 0 unspecified atom stereocenters. The van der Waals surface area contributed by atoms with Crippen LogP contribution in [0.3, 0.4) is 0 Å². The van der Waals surface area contributed by atoms with E-state index in [0.29, 0.717) is 13.2 Å². The average molecular weight is 328 g/mol. The van der Waals surface area contributed by atoms with Crippen LogP contribution in [0.15, 0.2) is 11.1 Å². The summed E-state index contributed by atoms with van der Waals surface area (Å²) in [6.45, 7) is 4.26. The Kier molecular flexibility index (Phi) is 4.85. The van der Waals surface area contributed by atoms with E-state index in [1.165, 1.54) is 24.0 Å². The second kappa shape index (κ2) is 6.39. The van der Waals surface area contributed by atoms with E-state index in [1.807, 2.05) is 13.8 Å². The number of rotatable bonds is 5. The largest absolute Gasteiger partial charge is 0.377 e. The van der Waals surface area contributed by atoms with E-state index >= 15 is 0 Å². The lowest BCUT2D eigenvalue weighted by Gasteiger charge is -2.53. The van der Waals surface area contributed by atoms with Gasteiger partial charge in [-0.1, -0.05) is 17.6 Å². The standard InChI is InChI=1S/C17H29O4P/c1-3-20-22(19,21-4-2)17(18)14-9-7-11-16(17)15-10-6-5-8-13(15)12-14/h14,16,18H,3-12H2,1-2H3/t14-,16+,17+/m1/s1. The highest BCUT2D eigenvalue weighted by Gasteiger charge is 2.63. The number of fused-ring (bicyclic) bond motifs is 3. The number of hydrogen-bond acceptors (Lipinski definition) is 4. The molecule has 3 rings (SSSR count). The number of hydrogen-bond donors (Lipinski definition) is 1. The van der Waals surface area contributed by atoms with E-state index < -0.39 is 12.9 Å². The van der Waals surface area contributed by atoms with E-state index in [1.54, 1.807) is 0 Å². The lowest BCUT2D eigenvalue weighted by Crippen LogP contribution is -2.52. The Morgan fingerprint density at radius 1 is 1.14 bits per heavy atom. The predicted molar refractivity (Wildman–Crippen MR) is 86.8 cm³/mol. The topological polar surface area (TPSA) is 55.8 Å². The van der Waals surface area contributed by atoms with Crippen LogP contribution >= 0.6 is 7.60 Å². The molecule has 0 aromatic rings. The molecule has 0 aliphatic heterocycles. The van der Waals surface area contributed by atoms with Crippen molar-refractivity contribution in [1.82, 2.24) is 0 Å². The lowest BCUT2D eigenvalue weighted by molar-refractivity contribution is -0.0492. The van der Waals surface area contributed by atoms with Gasteiger partial charge in [-0.3, -0.25) is 4.57 Å². The molecule has 1 saturated carbocycles. The zero-order valence-electron chi connectivity index (χ0n) is 13.8. The SMILES string of the molecule is CCOP(=O)(OCC)[C@@]1(O)[C@@H]2CCC[C@H]1C1=C(CCCC1)C2. The van der Waals surface area contributed by atoms with Crippen LogP contribution < -0.4 is 0 Å². The van der Waals surface area contributed by atoms with Crippen molar-refractivity contribution in [2.24, 2.45) is 11.8 Å². The summed E-state index contributed by atoms with van der Waals surface area (Å²) in [7, 11) is -3.53. The van der Waals surface area contributed by atoms with Gasteiger partial charge in [0, 0.05) is 11.8 Å². The lowest BCUT2D eigenvalue weighted by atomic mass is 9.63. The monoisotopic (exact) mass is 328 g/mol. The zero-order chi connectivity index (χ0) is 15.8. The molecule has 0 heterocycles. The van der Waals surface area contributed by atoms with Gasteiger partial charge in [-0.2, -0.15) is 0 Å². The van der Waals surface area contributed by atoms with Crippen molar-refractivity contribution in [3.05, 3.63) is 11.1 Å². The van der Waals surface area contributed by atoms with Crippen molar-refractivity contribution in [3.8, 4) is 0 Å².